The highest BCUT2D eigenvalue weighted by Gasteiger charge is 2.19. The standard InChI is InChI=1S/C11H18N4O2/c1-8-5-10(14-17-8)13-11(16)7-15-4-2-3-9(12)6-15/h5,9H,2-4,6-7,12H2,1H3,(H,13,14,16). The summed E-state index contributed by atoms with van der Waals surface area (Å²) in [6.07, 6.45) is 2.10. The van der Waals surface area contributed by atoms with Crippen molar-refractivity contribution in [3.8, 4) is 0 Å². The van der Waals surface area contributed by atoms with Crippen LogP contribution in [0.25, 0.3) is 0 Å². The van der Waals surface area contributed by atoms with Gasteiger partial charge in [0, 0.05) is 18.7 Å². The largest absolute Gasteiger partial charge is 0.360 e. The van der Waals surface area contributed by atoms with Crippen molar-refractivity contribution >= 4 is 11.7 Å². The second-order valence-corrected chi connectivity index (χ2v) is 4.51. The molecule has 6 nitrogen and oxygen atoms in total. The number of rotatable bonds is 3. The molecule has 0 aromatic carbocycles. The molecule has 0 bridgehead atoms. The summed E-state index contributed by atoms with van der Waals surface area (Å²) in [6.45, 7) is 3.86. The first-order valence-electron chi connectivity index (χ1n) is 5.84. The Balaban J connectivity index is 1.80. The number of amides is 1. The molecule has 2 rings (SSSR count). The number of nitrogens with two attached hydrogens (primary N) is 1. The van der Waals surface area contributed by atoms with Crippen LogP contribution >= 0.6 is 0 Å². The number of likely N-dealkylation sites (tertiary alicyclic amines) is 1. The summed E-state index contributed by atoms with van der Waals surface area (Å²) in [5.41, 5.74) is 5.86. The molecule has 0 radical (unpaired) electrons. The number of hydrogen-bond donors (Lipinski definition) is 2. The minimum atomic E-state index is -0.0765. The van der Waals surface area contributed by atoms with E-state index in [2.05, 4.69) is 15.4 Å². The van der Waals surface area contributed by atoms with E-state index >= 15 is 0 Å². The molecule has 1 unspecified atom stereocenters. The van der Waals surface area contributed by atoms with Crippen molar-refractivity contribution < 1.29 is 9.32 Å². The first-order chi connectivity index (χ1) is 8.13. The van der Waals surface area contributed by atoms with Crippen LogP contribution in [0.4, 0.5) is 5.82 Å². The number of nitrogens with zero attached hydrogens (tertiary/aromatic N) is 2. The number of aromatic nitrogens is 1. The molecule has 0 aliphatic carbocycles. The average Bonchev–Trinajstić information content (AvgIpc) is 2.63. The minimum absolute atomic E-state index is 0.0765. The maximum atomic E-state index is 11.7. The van der Waals surface area contributed by atoms with Crippen LogP contribution in [0.15, 0.2) is 10.6 Å². The van der Waals surface area contributed by atoms with Gasteiger partial charge in [-0.1, -0.05) is 5.16 Å². The van der Waals surface area contributed by atoms with Gasteiger partial charge in [0.2, 0.25) is 5.91 Å². The van der Waals surface area contributed by atoms with Crippen molar-refractivity contribution in [2.24, 2.45) is 5.73 Å². The van der Waals surface area contributed by atoms with Gasteiger partial charge in [-0.2, -0.15) is 0 Å². The minimum Gasteiger partial charge on any atom is -0.360 e. The van der Waals surface area contributed by atoms with E-state index < -0.39 is 0 Å². The number of anilines is 1. The maximum Gasteiger partial charge on any atom is 0.239 e. The van der Waals surface area contributed by atoms with Gasteiger partial charge in [-0.3, -0.25) is 9.69 Å². The number of piperidine rings is 1. The number of hydrogen-bond acceptors (Lipinski definition) is 5. The van der Waals surface area contributed by atoms with E-state index in [9.17, 15) is 4.79 Å². The lowest BCUT2D eigenvalue weighted by atomic mass is 10.1. The Morgan fingerprint density at radius 1 is 1.76 bits per heavy atom. The highest BCUT2D eigenvalue weighted by Crippen LogP contribution is 2.09. The van der Waals surface area contributed by atoms with Gasteiger partial charge in [-0.25, -0.2) is 0 Å². The molecule has 3 N–H and O–H groups in total. The molecule has 17 heavy (non-hydrogen) atoms. The predicted octanol–water partition coefficient (Wildman–Crippen LogP) is 0.345. The normalized spacial score (nSPS) is 21.4. The van der Waals surface area contributed by atoms with Crippen LogP contribution in [0.3, 0.4) is 0 Å². The Hall–Kier alpha value is -1.40. The zero-order valence-corrected chi connectivity index (χ0v) is 9.98. The van der Waals surface area contributed by atoms with Crippen LogP contribution in [-0.4, -0.2) is 41.6 Å². The summed E-state index contributed by atoms with van der Waals surface area (Å²) >= 11 is 0. The van der Waals surface area contributed by atoms with Gasteiger partial charge in [-0.15, -0.1) is 0 Å². The first-order valence-corrected chi connectivity index (χ1v) is 5.84. The van der Waals surface area contributed by atoms with Gasteiger partial charge in [0.1, 0.15) is 5.76 Å². The fraction of sp³-hybridized carbons (Fsp3) is 0.636. The second kappa shape index (κ2) is 5.29. The molecule has 1 saturated heterocycles. The number of carbonyl (C=O) groups is 1. The van der Waals surface area contributed by atoms with E-state index in [0.717, 1.165) is 25.9 Å². The van der Waals surface area contributed by atoms with E-state index in [1.165, 1.54) is 0 Å². The molecule has 1 amide bonds. The quantitative estimate of drug-likeness (QED) is 0.793. The van der Waals surface area contributed by atoms with E-state index in [1.54, 1.807) is 13.0 Å². The molecule has 1 aromatic rings. The topological polar surface area (TPSA) is 84.4 Å². The van der Waals surface area contributed by atoms with Gasteiger partial charge in [0.25, 0.3) is 0 Å². The van der Waals surface area contributed by atoms with Crippen molar-refractivity contribution in [2.75, 3.05) is 25.0 Å². The molecule has 1 aromatic heterocycles. The Morgan fingerprint density at radius 2 is 2.59 bits per heavy atom. The average molecular weight is 238 g/mol. The monoisotopic (exact) mass is 238 g/mol. The first kappa shape index (κ1) is 12.1. The second-order valence-electron chi connectivity index (χ2n) is 4.51. The lowest BCUT2D eigenvalue weighted by Crippen LogP contribution is -2.45. The highest BCUT2D eigenvalue weighted by atomic mass is 16.5. The molecule has 2 heterocycles. The van der Waals surface area contributed by atoms with Gasteiger partial charge in [-0.05, 0) is 26.3 Å². The lowest BCUT2D eigenvalue weighted by molar-refractivity contribution is -0.117. The van der Waals surface area contributed by atoms with E-state index in [-0.39, 0.29) is 11.9 Å². The Kier molecular flexibility index (Phi) is 3.75. The number of aryl methyl sites for hydroxylation is 1. The molecule has 0 saturated carbocycles. The third-order valence-corrected chi connectivity index (χ3v) is 2.80. The molecular weight excluding hydrogens is 220 g/mol. The maximum absolute atomic E-state index is 11.7. The van der Waals surface area contributed by atoms with E-state index in [4.69, 9.17) is 10.3 Å². The van der Waals surface area contributed by atoms with Crippen LogP contribution in [0.5, 0.6) is 0 Å². The van der Waals surface area contributed by atoms with Crippen LogP contribution in [-0.2, 0) is 4.79 Å². The van der Waals surface area contributed by atoms with Crippen LogP contribution < -0.4 is 11.1 Å². The number of nitrogens with one attached hydrogen (secondary N) is 1. The summed E-state index contributed by atoms with van der Waals surface area (Å²) < 4.78 is 4.87. The lowest BCUT2D eigenvalue weighted by Gasteiger charge is -2.29. The van der Waals surface area contributed by atoms with Crippen molar-refractivity contribution in [3.63, 3.8) is 0 Å². The highest BCUT2D eigenvalue weighted by molar-refractivity contribution is 5.91. The summed E-state index contributed by atoms with van der Waals surface area (Å²) in [5.74, 6) is 1.07. The van der Waals surface area contributed by atoms with Crippen molar-refractivity contribution in [3.05, 3.63) is 11.8 Å². The van der Waals surface area contributed by atoms with Crippen LogP contribution in [0, 0.1) is 6.92 Å². The Labute approximate surface area is 100 Å². The van der Waals surface area contributed by atoms with Crippen LogP contribution in [0.1, 0.15) is 18.6 Å². The third kappa shape index (κ3) is 3.54. The summed E-state index contributed by atoms with van der Waals surface area (Å²) in [4.78, 5) is 13.8. The Morgan fingerprint density at radius 3 is 3.24 bits per heavy atom. The molecule has 0 spiro atoms. The van der Waals surface area contributed by atoms with Gasteiger partial charge in [0.15, 0.2) is 5.82 Å². The van der Waals surface area contributed by atoms with Gasteiger partial charge >= 0.3 is 0 Å². The molecule has 1 aliphatic heterocycles. The van der Waals surface area contributed by atoms with Crippen molar-refractivity contribution in [2.45, 2.75) is 25.8 Å². The van der Waals surface area contributed by atoms with Gasteiger partial charge in [0.05, 0.1) is 6.54 Å². The zero-order valence-electron chi connectivity index (χ0n) is 9.98. The predicted molar refractivity (Wildman–Crippen MR) is 63.5 cm³/mol. The van der Waals surface area contributed by atoms with Gasteiger partial charge < -0.3 is 15.6 Å². The summed E-state index contributed by atoms with van der Waals surface area (Å²) in [5, 5.41) is 6.41. The van der Waals surface area contributed by atoms with Crippen LogP contribution in [0.2, 0.25) is 0 Å². The Bertz CT molecular complexity index is 391. The zero-order chi connectivity index (χ0) is 12.3. The summed E-state index contributed by atoms with van der Waals surface area (Å²) in [6, 6.07) is 1.88. The molecule has 1 fully saturated rings. The molecule has 6 heteroatoms. The fourth-order valence-electron chi connectivity index (χ4n) is 2.05. The molecular formula is C11H18N4O2. The van der Waals surface area contributed by atoms with E-state index in [1.807, 2.05) is 0 Å². The fourth-order valence-corrected chi connectivity index (χ4v) is 2.05. The molecule has 1 atom stereocenters. The third-order valence-electron chi connectivity index (χ3n) is 2.80. The molecule has 1 aliphatic rings. The molecule has 94 valence electrons. The van der Waals surface area contributed by atoms with Crippen molar-refractivity contribution in [1.29, 1.82) is 0 Å². The van der Waals surface area contributed by atoms with E-state index in [0.29, 0.717) is 18.1 Å². The summed E-state index contributed by atoms with van der Waals surface area (Å²) in [7, 11) is 0. The SMILES string of the molecule is Cc1cc(NC(=O)CN2CCCC(N)C2)no1. The van der Waals surface area contributed by atoms with Crippen molar-refractivity contribution in [1.82, 2.24) is 10.1 Å². The smallest absolute Gasteiger partial charge is 0.239 e. The number of carbonyl (C=O) groups excluding carboxylic acids is 1.